The third-order valence-electron chi connectivity index (χ3n) is 1.97. The Labute approximate surface area is 116 Å². The van der Waals surface area contributed by atoms with Crippen molar-refractivity contribution in [3.8, 4) is 0 Å². The van der Waals surface area contributed by atoms with Gasteiger partial charge in [-0.3, -0.25) is 9.82 Å². The van der Waals surface area contributed by atoms with Gasteiger partial charge in [0.25, 0.3) is 10.0 Å². The molecule has 0 atom stereocenters. The Morgan fingerprint density at radius 1 is 1.44 bits per heavy atom. The molecule has 2 heterocycles. The number of hydrogen-bond acceptors (Lipinski definition) is 5. The number of sulfonamides is 1. The van der Waals surface area contributed by atoms with Gasteiger partial charge in [0.05, 0.1) is 11.9 Å². The predicted molar refractivity (Wildman–Crippen MR) is 70.8 cm³/mol. The molecule has 0 fully saturated rings. The van der Waals surface area contributed by atoms with Gasteiger partial charge in [0.1, 0.15) is 10.7 Å². The van der Waals surface area contributed by atoms with Crippen molar-refractivity contribution in [3.05, 3.63) is 28.1 Å². The van der Waals surface area contributed by atoms with Gasteiger partial charge in [0.2, 0.25) is 0 Å². The van der Waals surface area contributed by atoms with Crippen LogP contribution in [0.25, 0.3) is 0 Å². The van der Waals surface area contributed by atoms with Crippen LogP contribution in [0.1, 0.15) is 0 Å². The maximum Gasteiger partial charge on any atom is 0.267 e. The van der Waals surface area contributed by atoms with Crippen LogP contribution in [0.2, 0.25) is 5.15 Å². The fraction of sp³-hybridized carbons (Fsp3) is 0. The first kappa shape index (κ1) is 13.1. The largest absolute Gasteiger partial charge is 0.383 e. The van der Waals surface area contributed by atoms with Crippen molar-refractivity contribution in [2.75, 3.05) is 10.5 Å². The average molecular weight is 353 g/mol. The first-order chi connectivity index (χ1) is 8.40. The molecule has 2 rings (SSSR count). The number of rotatable bonds is 3. The minimum absolute atomic E-state index is 0.0313. The quantitative estimate of drug-likeness (QED) is 0.726. The normalized spacial score (nSPS) is 11.4. The van der Waals surface area contributed by atoms with Crippen molar-refractivity contribution < 1.29 is 8.42 Å². The van der Waals surface area contributed by atoms with E-state index >= 15 is 0 Å². The number of pyridine rings is 1. The van der Waals surface area contributed by atoms with E-state index in [1.54, 1.807) is 0 Å². The van der Waals surface area contributed by atoms with Gasteiger partial charge in [-0.05, 0) is 22.0 Å². The smallest absolute Gasteiger partial charge is 0.267 e. The van der Waals surface area contributed by atoms with Crippen molar-refractivity contribution in [1.82, 2.24) is 15.2 Å². The fourth-order valence-electron chi connectivity index (χ4n) is 1.19. The highest BCUT2D eigenvalue weighted by molar-refractivity contribution is 9.10. The summed E-state index contributed by atoms with van der Waals surface area (Å²) in [6, 6.07) is 1.49. The highest BCUT2D eigenvalue weighted by Gasteiger charge is 2.20. The van der Waals surface area contributed by atoms with E-state index in [4.69, 9.17) is 17.3 Å². The standard InChI is InChI=1S/C8H7BrClN5O2S/c9-4-1-5(7(10)12-2-4)15-18(16,17)6-3-13-14-8(6)11/h1-3,15H,(H3,11,13,14). The number of aromatic nitrogens is 3. The number of nitrogens with one attached hydrogen (secondary N) is 2. The molecule has 2 aromatic heterocycles. The van der Waals surface area contributed by atoms with Gasteiger partial charge >= 0.3 is 0 Å². The molecular formula is C8H7BrClN5O2S. The van der Waals surface area contributed by atoms with E-state index in [0.717, 1.165) is 6.20 Å². The van der Waals surface area contributed by atoms with Crippen LogP contribution < -0.4 is 10.5 Å². The third-order valence-corrected chi connectivity index (χ3v) is 4.10. The molecule has 0 saturated heterocycles. The molecular weight excluding hydrogens is 346 g/mol. The average Bonchev–Trinajstić information content (AvgIpc) is 2.70. The predicted octanol–water partition coefficient (Wildman–Crippen LogP) is 1.60. The van der Waals surface area contributed by atoms with Gasteiger partial charge < -0.3 is 5.73 Å². The summed E-state index contributed by atoms with van der Waals surface area (Å²) in [7, 11) is -3.85. The van der Waals surface area contributed by atoms with Crippen LogP contribution in [-0.2, 0) is 10.0 Å². The SMILES string of the molecule is Nc1[nH]ncc1S(=O)(=O)Nc1cc(Br)cnc1Cl. The fourth-order valence-corrected chi connectivity index (χ4v) is 2.81. The number of aromatic amines is 1. The Hall–Kier alpha value is -1.32. The molecule has 0 amide bonds. The van der Waals surface area contributed by atoms with Crippen molar-refractivity contribution >= 4 is 49.1 Å². The highest BCUT2D eigenvalue weighted by Crippen LogP contribution is 2.26. The molecule has 0 radical (unpaired) electrons. The Bertz CT molecular complexity index is 687. The molecule has 0 unspecified atom stereocenters. The van der Waals surface area contributed by atoms with E-state index in [0.29, 0.717) is 4.47 Å². The molecule has 0 saturated carbocycles. The van der Waals surface area contributed by atoms with Gasteiger partial charge in [-0.15, -0.1) is 0 Å². The number of hydrogen-bond donors (Lipinski definition) is 3. The summed E-state index contributed by atoms with van der Waals surface area (Å²) >= 11 is 8.96. The Balaban J connectivity index is 2.40. The van der Waals surface area contributed by atoms with E-state index in [9.17, 15) is 8.42 Å². The van der Waals surface area contributed by atoms with Crippen LogP contribution in [-0.4, -0.2) is 23.6 Å². The molecule has 2 aromatic rings. The van der Waals surface area contributed by atoms with Gasteiger partial charge in [0.15, 0.2) is 5.15 Å². The van der Waals surface area contributed by atoms with Crippen molar-refractivity contribution in [2.45, 2.75) is 4.90 Å². The van der Waals surface area contributed by atoms with Crippen LogP contribution in [0.5, 0.6) is 0 Å². The van der Waals surface area contributed by atoms with E-state index in [1.807, 2.05) is 0 Å². The summed E-state index contributed by atoms with van der Waals surface area (Å²) in [5.41, 5.74) is 5.60. The second-order valence-corrected chi connectivity index (χ2v) is 6.17. The number of anilines is 2. The zero-order valence-corrected chi connectivity index (χ0v) is 11.8. The lowest BCUT2D eigenvalue weighted by Crippen LogP contribution is -2.14. The monoisotopic (exact) mass is 351 g/mol. The first-order valence-electron chi connectivity index (χ1n) is 4.53. The summed E-state index contributed by atoms with van der Waals surface area (Å²) in [5.74, 6) is -0.0541. The lowest BCUT2D eigenvalue weighted by molar-refractivity contribution is 0.601. The minimum Gasteiger partial charge on any atom is -0.383 e. The minimum atomic E-state index is -3.85. The van der Waals surface area contributed by atoms with Crippen molar-refractivity contribution in [1.29, 1.82) is 0 Å². The number of nitrogens with zero attached hydrogens (tertiary/aromatic N) is 2. The number of halogens is 2. The number of nitrogen functional groups attached to an aromatic ring is 1. The van der Waals surface area contributed by atoms with Crippen LogP contribution in [0, 0.1) is 0 Å². The van der Waals surface area contributed by atoms with Crippen LogP contribution in [0.15, 0.2) is 27.8 Å². The molecule has 7 nitrogen and oxygen atoms in total. The van der Waals surface area contributed by atoms with E-state index in [2.05, 4.69) is 35.8 Å². The van der Waals surface area contributed by atoms with Gasteiger partial charge in [-0.2, -0.15) is 5.10 Å². The van der Waals surface area contributed by atoms with E-state index in [1.165, 1.54) is 12.3 Å². The van der Waals surface area contributed by atoms with Gasteiger partial charge in [0, 0.05) is 10.7 Å². The molecule has 0 spiro atoms. The molecule has 0 aliphatic rings. The third kappa shape index (κ3) is 2.57. The molecule has 0 aliphatic carbocycles. The maximum absolute atomic E-state index is 12.0. The van der Waals surface area contributed by atoms with Gasteiger partial charge in [-0.25, -0.2) is 13.4 Å². The lowest BCUT2D eigenvalue weighted by Gasteiger charge is -2.08. The molecule has 96 valence electrons. The molecule has 0 aliphatic heterocycles. The molecule has 10 heteroatoms. The maximum atomic E-state index is 12.0. The van der Waals surface area contributed by atoms with Crippen LogP contribution in [0.3, 0.4) is 0 Å². The van der Waals surface area contributed by atoms with Crippen LogP contribution >= 0.6 is 27.5 Å². The topological polar surface area (TPSA) is 114 Å². The number of H-pyrrole nitrogens is 1. The number of nitrogens with two attached hydrogens (primary N) is 1. The molecule has 18 heavy (non-hydrogen) atoms. The summed E-state index contributed by atoms with van der Waals surface area (Å²) in [6.45, 7) is 0. The van der Waals surface area contributed by atoms with Crippen LogP contribution in [0.4, 0.5) is 11.5 Å². The summed E-state index contributed by atoms with van der Waals surface area (Å²) in [6.07, 6.45) is 2.56. The van der Waals surface area contributed by atoms with Crippen molar-refractivity contribution in [2.24, 2.45) is 0 Å². The molecule has 4 N–H and O–H groups in total. The Morgan fingerprint density at radius 3 is 2.78 bits per heavy atom. The zero-order valence-electron chi connectivity index (χ0n) is 8.68. The van der Waals surface area contributed by atoms with E-state index < -0.39 is 10.0 Å². The summed E-state index contributed by atoms with van der Waals surface area (Å²) < 4.78 is 26.9. The summed E-state index contributed by atoms with van der Waals surface area (Å²) in [5, 5.41) is 5.91. The second-order valence-electron chi connectivity index (χ2n) is 3.25. The Kier molecular flexibility index (Phi) is 3.46. The summed E-state index contributed by atoms with van der Waals surface area (Å²) in [4.78, 5) is 3.65. The lowest BCUT2D eigenvalue weighted by atomic mass is 10.4. The zero-order chi connectivity index (χ0) is 13.3. The van der Waals surface area contributed by atoms with Gasteiger partial charge in [-0.1, -0.05) is 11.6 Å². The first-order valence-corrected chi connectivity index (χ1v) is 7.18. The second kappa shape index (κ2) is 4.75. The molecule has 0 aromatic carbocycles. The Morgan fingerprint density at radius 2 is 2.17 bits per heavy atom. The molecule has 0 bridgehead atoms. The van der Waals surface area contributed by atoms with E-state index in [-0.39, 0.29) is 21.6 Å². The highest BCUT2D eigenvalue weighted by atomic mass is 79.9. The van der Waals surface area contributed by atoms with Crippen molar-refractivity contribution in [3.63, 3.8) is 0 Å².